The third-order valence-corrected chi connectivity index (χ3v) is 3.55. The number of benzene rings is 1. The molecule has 1 aromatic carbocycles. The lowest BCUT2D eigenvalue weighted by Gasteiger charge is -2.37. The summed E-state index contributed by atoms with van der Waals surface area (Å²) in [6.07, 6.45) is 4.37. The number of nitrogens with zero attached hydrogens (tertiary/aromatic N) is 1. The van der Waals surface area contributed by atoms with Crippen LogP contribution in [0.5, 0.6) is 0 Å². The van der Waals surface area contributed by atoms with Gasteiger partial charge in [-0.2, -0.15) is 0 Å². The molecule has 1 aliphatic rings. The average Bonchev–Trinajstić information content (AvgIpc) is 2.35. The molecule has 1 heterocycles. The van der Waals surface area contributed by atoms with E-state index in [1.165, 1.54) is 30.5 Å². The Hall–Kier alpha value is -1.02. The second-order valence-electron chi connectivity index (χ2n) is 5.39. The van der Waals surface area contributed by atoms with Crippen LogP contribution in [-0.2, 0) is 11.2 Å². The number of ether oxygens (including phenoxy) is 1. The van der Waals surface area contributed by atoms with E-state index < -0.39 is 0 Å². The molecule has 0 saturated carbocycles. The maximum atomic E-state index is 5.82. The van der Waals surface area contributed by atoms with E-state index in [2.05, 4.69) is 49.9 Å². The molecule has 0 bridgehead atoms. The molecule has 2 heteroatoms. The Kier molecular flexibility index (Phi) is 4.65. The molecule has 1 fully saturated rings. The predicted octanol–water partition coefficient (Wildman–Crippen LogP) is 3.64. The highest BCUT2D eigenvalue weighted by atomic mass is 16.5. The maximum absolute atomic E-state index is 5.82. The van der Waals surface area contributed by atoms with Gasteiger partial charge < -0.3 is 9.64 Å². The zero-order chi connectivity index (χ0) is 13.0. The topological polar surface area (TPSA) is 12.5 Å². The Morgan fingerprint density at radius 1 is 1.17 bits per heavy atom. The van der Waals surface area contributed by atoms with Crippen molar-refractivity contribution in [1.82, 2.24) is 0 Å². The van der Waals surface area contributed by atoms with E-state index in [9.17, 15) is 0 Å². The summed E-state index contributed by atoms with van der Waals surface area (Å²) in [6.45, 7) is 8.59. The van der Waals surface area contributed by atoms with Crippen molar-refractivity contribution < 1.29 is 4.74 Å². The first-order chi connectivity index (χ1) is 8.70. The van der Waals surface area contributed by atoms with Gasteiger partial charge in [0.1, 0.15) is 0 Å². The van der Waals surface area contributed by atoms with Crippen molar-refractivity contribution >= 4 is 5.69 Å². The van der Waals surface area contributed by atoms with Crippen molar-refractivity contribution in [2.24, 2.45) is 0 Å². The molecular weight excluding hydrogens is 222 g/mol. The van der Waals surface area contributed by atoms with Crippen molar-refractivity contribution in [1.29, 1.82) is 0 Å². The van der Waals surface area contributed by atoms with Crippen molar-refractivity contribution in [3.8, 4) is 0 Å². The second-order valence-corrected chi connectivity index (χ2v) is 5.39. The van der Waals surface area contributed by atoms with Gasteiger partial charge in [0.05, 0.1) is 12.2 Å². The zero-order valence-electron chi connectivity index (χ0n) is 11.9. The van der Waals surface area contributed by atoms with E-state index >= 15 is 0 Å². The highest BCUT2D eigenvalue weighted by molar-refractivity contribution is 5.54. The number of hydrogen-bond acceptors (Lipinski definition) is 2. The fourth-order valence-corrected chi connectivity index (χ4v) is 2.77. The smallest absolute Gasteiger partial charge is 0.0726 e. The Labute approximate surface area is 111 Å². The van der Waals surface area contributed by atoms with E-state index in [0.29, 0.717) is 12.2 Å². The predicted molar refractivity (Wildman–Crippen MR) is 77.3 cm³/mol. The maximum Gasteiger partial charge on any atom is 0.0726 e. The molecule has 1 aromatic rings. The standard InChI is InChI=1S/C16H25NO/c1-4-5-8-15-9-6-7-10-16(15)17-11-13(2)18-14(3)12-17/h6-7,9-10,13-14H,4-5,8,11-12H2,1-3H3. The second kappa shape index (κ2) is 6.24. The lowest BCUT2D eigenvalue weighted by atomic mass is 10.0. The van der Waals surface area contributed by atoms with Gasteiger partial charge in [-0.3, -0.25) is 0 Å². The Morgan fingerprint density at radius 3 is 2.50 bits per heavy atom. The summed E-state index contributed by atoms with van der Waals surface area (Å²) in [6, 6.07) is 8.84. The number of hydrogen-bond donors (Lipinski definition) is 0. The average molecular weight is 247 g/mol. The normalized spacial score (nSPS) is 24.3. The molecule has 2 nitrogen and oxygen atoms in total. The molecule has 0 aromatic heterocycles. The molecule has 1 aliphatic heterocycles. The van der Waals surface area contributed by atoms with E-state index in [1.54, 1.807) is 0 Å². The molecule has 0 radical (unpaired) electrons. The highest BCUT2D eigenvalue weighted by Gasteiger charge is 2.23. The summed E-state index contributed by atoms with van der Waals surface area (Å²) in [5, 5.41) is 0. The van der Waals surface area contributed by atoms with Crippen molar-refractivity contribution in [2.75, 3.05) is 18.0 Å². The van der Waals surface area contributed by atoms with E-state index in [0.717, 1.165) is 13.1 Å². The molecule has 0 amide bonds. The number of para-hydroxylation sites is 1. The van der Waals surface area contributed by atoms with Gasteiger partial charge in [0, 0.05) is 18.8 Å². The first-order valence-corrected chi connectivity index (χ1v) is 7.19. The molecular formula is C16H25NO. The summed E-state index contributed by atoms with van der Waals surface area (Å²) in [5.41, 5.74) is 2.90. The Morgan fingerprint density at radius 2 is 1.83 bits per heavy atom. The van der Waals surface area contributed by atoms with Gasteiger partial charge in [0.25, 0.3) is 0 Å². The minimum Gasteiger partial charge on any atom is -0.372 e. The summed E-state index contributed by atoms with van der Waals surface area (Å²) in [7, 11) is 0. The number of anilines is 1. The van der Waals surface area contributed by atoms with Gasteiger partial charge in [0.2, 0.25) is 0 Å². The van der Waals surface area contributed by atoms with Gasteiger partial charge in [0.15, 0.2) is 0 Å². The van der Waals surface area contributed by atoms with Crippen LogP contribution >= 0.6 is 0 Å². The molecule has 2 unspecified atom stereocenters. The number of unbranched alkanes of at least 4 members (excludes halogenated alkanes) is 1. The lowest BCUT2D eigenvalue weighted by molar-refractivity contribution is -0.00526. The van der Waals surface area contributed by atoms with Gasteiger partial charge in [-0.25, -0.2) is 0 Å². The molecule has 2 rings (SSSR count). The van der Waals surface area contributed by atoms with Crippen LogP contribution in [0.2, 0.25) is 0 Å². The zero-order valence-corrected chi connectivity index (χ0v) is 11.9. The van der Waals surface area contributed by atoms with Crippen LogP contribution in [0.1, 0.15) is 39.2 Å². The van der Waals surface area contributed by atoms with E-state index in [-0.39, 0.29) is 0 Å². The molecule has 0 aliphatic carbocycles. The number of rotatable bonds is 4. The SMILES string of the molecule is CCCCc1ccccc1N1CC(C)OC(C)C1. The highest BCUT2D eigenvalue weighted by Crippen LogP contribution is 2.25. The summed E-state index contributed by atoms with van der Waals surface area (Å²) in [5.74, 6) is 0. The van der Waals surface area contributed by atoms with E-state index in [4.69, 9.17) is 4.74 Å². The Balaban J connectivity index is 2.15. The number of morpholine rings is 1. The molecule has 0 N–H and O–H groups in total. The quantitative estimate of drug-likeness (QED) is 0.805. The fraction of sp³-hybridized carbons (Fsp3) is 0.625. The summed E-state index contributed by atoms with van der Waals surface area (Å²) >= 11 is 0. The van der Waals surface area contributed by atoms with Crippen LogP contribution in [0.25, 0.3) is 0 Å². The molecule has 0 spiro atoms. The van der Waals surface area contributed by atoms with Crippen LogP contribution < -0.4 is 4.90 Å². The first-order valence-electron chi connectivity index (χ1n) is 7.19. The van der Waals surface area contributed by atoms with E-state index in [1.807, 2.05) is 0 Å². The molecule has 2 atom stereocenters. The molecule has 1 saturated heterocycles. The minimum atomic E-state index is 0.327. The molecule has 100 valence electrons. The number of aryl methyl sites for hydroxylation is 1. The van der Waals surface area contributed by atoms with Crippen molar-refractivity contribution in [2.45, 2.75) is 52.2 Å². The van der Waals surface area contributed by atoms with Gasteiger partial charge in [-0.05, 0) is 38.3 Å². The largest absolute Gasteiger partial charge is 0.372 e. The summed E-state index contributed by atoms with van der Waals surface area (Å²) < 4.78 is 5.82. The van der Waals surface area contributed by atoms with Crippen LogP contribution in [-0.4, -0.2) is 25.3 Å². The van der Waals surface area contributed by atoms with Crippen molar-refractivity contribution in [3.63, 3.8) is 0 Å². The van der Waals surface area contributed by atoms with Gasteiger partial charge in [-0.15, -0.1) is 0 Å². The lowest BCUT2D eigenvalue weighted by Crippen LogP contribution is -2.45. The minimum absolute atomic E-state index is 0.327. The Bertz CT molecular complexity index is 367. The van der Waals surface area contributed by atoms with Crippen LogP contribution in [0.3, 0.4) is 0 Å². The van der Waals surface area contributed by atoms with Crippen LogP contribution in [0.15, 0.2) is 24.3 Å². The fourth-order valence-electron chi connectivity index (χ4n) is 2.77. The third-order valence-electron chi connectivity index (χ3n) is 3.55. The third kappa shape index (κ3) is 3.26. The van der Waals surface area contributed by atoms with Crippen LogP contribution in [0, 0.1) is 0 Å². The monoisotopic (exact) mass is 247 g/mol. The van der Waals surface area contributed by atoms with Crippen LogP contribution in [0.4, 0.5) is 5.69 Å². The summed E-state index contributed by atoms with van der Waals surface area (Å²) in [4.78, 5) is 2.49. The van der Waals surface area contributed by atoms with Gasteiger partial charge >= 0.3 is 0 Å². The molecule has 18 heavy (non-hydrogen) atoms. The van der Waals surface area contributed by atoms with Gasteiger partial charge in [-0.1, -0.05) is 31.5 Å². The first kappa shape index (κ1) is 13.4. The van der Waals surface area contributed by atoms with Crippen molar-refractivity contribution in [3.05, 3.63) is 29.8 Å².